The molecule has 0 spiro atoms. The molecular formula is C19H21ClN4O2. The van der Waals surface area contributed by atoms with E-state index in [9.17, 15) is 9.90 Å². The Morgan fingerprint density at radius 2 is 2.00 bits per heavy atom. The average Bonchev–Trinajstić information content (AvgIpc) is 2.67. The summed E-state index contributed by atoms with van der Waals surface area (Å²) < 4.78 is 0. The lowest BCUT2D eigenvalue weighted by Crippen LogP contribution is -2.56. The second-order valence-electron chi connectivity index (χ2n) is 6.89. The molecule has 2 aromatic rings. The van der Waals surface area contributed by atoms with Crippen LogP contribution in [0.3, 0.4) is 0 Å². The second kappa shape index (κ2) is 7.31. The lowest BCUT2D eigenvalue weighted by molar-refractivity contribution is -0.0139. The molecule has 136 valence electrons. The third-order valence-electron chi connectivity index (χ3n) is 5.32. The summed E-state index contributed by atoms with van der Waals surface area (Å²) in [7, 11) is 0. The molecule has 1 amide bonds. The fourth-order valence-electron chi connectivity index (χ4n) is 3.94. The smallest absolute Gasteiger partial charge is 0.272 e. The van der Waals surface area contributed by atoms with Gasteiger partial charge in [0.2, 0.25) is 0 Å². The van der Waals surface area contributed by atoms with Gasteiger partial charge in [0.15, 0.2) is 0 Å². The summed E-state index contributed by atoms with van der Waals surface area (Å²) in [6, 6.07) is 10.0. The number of likely N-dealkylation sites (tertiary alicyclic amines) is 1. The van der Waals surface area contributed by atoms with Crippen molar-refractivity contribution in [1.82, 2.24) is 19.8 Å². The number of piperidine rings is 1. The van der Waals surface area contributed by atoms with Gasteiger partial charge < -0.3 is 10.0 Å². The van der Waals surface area contributed by atoms with Crippen LogP contribution < -0.4 is 0 Å². The number of halogens is 1. The quantitative estimate of drug-likeness (QED) is 0.813. The number of carbonyl (C=O) groups is 1. The zero-order valence-electron chi connectivity index (χ0n) is 14.4. The van der Waals surface area contributed by atoms with E-state index in [4.69, 9.17) is 11.6 Å². The van der Waals surface area contributed by atoms with Crippen molar-refractivity contribution >= 4 is 17.5 Å². The lowest BCUT2D eigenvalue weighted by Gasteiger charge is -2.43. The van der Waals surface area contributed by atoms with Gasteiger partial charge in [-0.25, -0.2) is 9.97 Å². The van der Waals surface area contributed by atoms with Crippen molar-refractivity contribution < 1.29 is 9.90 Å². The molecule has 1 fully saturated rings. The van der Waals surface area contributed by atoms with Gasteiger partial charge in [-0.3, -0.25) is 9.69 Å². The number of hydrogen-bond donors (Lipinski definition) is 1. The van der Waals surface area contributed by atoms with Gasteiger partial charge in [0.1, 0.15) is 17.2 Å². The molecule has 4 rings (SSSR count). The Balaban J connectivity index is 1.42. The average molecular weight is 373 g/mol. The summed E-state index contributed by atoms with van der Waals surface area (Å²) in [6.07, 6.45) is 2.45. The summed E-state index contributed by atoms with van der Waals surface area (Å²) in [5, 5.41) is 10.9. The highest BCUT2D eigenvalue weighted by Gasteiger charge is 2.35. The van der Waals surface area contributed by atoms with Crippen molar-refractivity contribution in [2.45, 2.75) is 31.5 Å². The number of benzene rings is 1. The van der Waals surface area contributed by atoms with Crippen LogP contribution >= 0.6 is 11.6 Å². The minimum absolute atomic E-state index is 0.0707. The number of carbonyl (C=O) groups excluding carboxylic acids is 1. The van der Waals surface area contributed by atoms with Crippen molar-refractivity contribution in [2.24, 2.45) is 0 Å². The van der Waals surface area contributed by atoms with Gasteiger partial charge in [0, 0.05) is 38.3 Å². The molecule has 26 heavy (non-hydrogen) atoms. The van der Waals surface area contributed by atoms with Crippen LogP contribution in [0.15, 0.2) is 36.7 Å². The number of hydrogen-bond acceptors (Lipinski definition) is 5. The molecule has 2 aliphatic rings. The highest BCUT2D eigenvalue weighted by molar-refractivity contribution is 6.29. The predicted molar refractivity (Wildman–Crippen MR) is 97.9 cm³/mol. The highest BCUT2D eigenvalue weighted by atomic mass is 35.5. The van der Waals surface area contributed by atoms with Crippen LogP contribution in [0.5, 0.6) is 0 Å². The van der Waals surface area contributed by atoms with Crippen LogP contribution in [0.1, 0.15) is 28.0 Å². The third-order valence-corrected chi connectivity index (χ3v) is 5.52. The molecule has 0 saturated carbocycles. The Labute approximate surface area is 157 Å². The van der Waals surface area contributed by atoms with Gasteiger partial charge in [-0.1, -0.05) is 35.9 Å². The number of aromatic nitrogens is 2. The Hall–Kier alpha value is -2.02. The van der Waals surface area contributed by atoms with E-state index in [1.807, 2.05) is 0 Å². The molecule has 1 N–H and O–H groups in total. The Morgan fingerprint density at radius 3 is 2.77 bits per heavy atom. The summed E-state index contributed by atoms with van der Waals surface area (Å²) in [4.78, 5) is 24.4. The fraction of sp³-hybridized carbons (Fsp3) is 0.421. The number of aliphatic hydroxyl groups excluding tert-OH is 1. The zero-order valence-corrected chi connectivity index (χ0v) is 15.1. The van der Waals surface area contributed by atoms with Crippen LogP contribution in [0.4, 0.5) is 0 Å². The van der Waals surface area contributed by atoms with Crippen LogP contribution in [-0.2, 0) is 13.0 Å². The maximum absolute atomic E-state index is 12.6. The van der Waals surface area contributed by atoms with Crippen molar-refractivity contribution in [3.05, 3.63) is 58.6 Å². The molecule has 2 atom stereocenters. The molecule has 3 heterocycles. The van der Waals surface area contributed by atoms with Crippen molar-refractivity contribution in [3.63, 3.8) is 0 Å². The maximum Gasteiger partial charge on any atom is 0.272 e. The van der Waals surface area contributed by atoms with Gasteiger partial charge in [0.05, 0.1) is 6.10 Å². The highest BCUT2D eigenvalue weighted by Crippen LogP contribution is 2.25. The molecule has 1 aromatic heterocycles. The third kappa shape index (κ3) is 3.45. The molecule has 1 saturated heterocycles. The minimum Gasteiger partial charge on any atom is -0.390 e. The van der Waals surface area contributed by atoms with Crippen LogP contribution in [0, 0.1) is 0 Å². The number of β-amino-alcohol motifs (C(OH)–C–C–N with tert-alkyl or cyclic N) is 1. The molecule has 6 nitrogen and oxygen atoms in total. The van der Waals surface area contributed by atoms with E-state index in [0.717, 1.165) is 25.9 Å². The van der Waals surface area contributed by atoms with Gasteiger partial charge >= 0.3 is 0 Å². The van der Waals surface area contributed by atoms with E-state index in [2.05, 4.69) is 39.1 Å². The number of fused-ring (bicyclic) bond motifs is 1. The largest absolute Gasteiger partial charge is 0.390 e. The number of rotatable bonds is 2. The van der Waals surface area contributed by atoms with E-state index < -0.39 is 6.10 Å². The van der Waals surface area contributed by atoms with Crippen LogP contribution in [0.2, 0.25) is 5.15 Å². The maximum atomic E-state index is 12.6. The molecule has 2 aliphatic heterocycles. The summed E-state index contributed by atoms with van der Waals surface area (Å²) >= 11 is 5.84. The second-order valence-corrected chi connectivity index (χ2v) is 7.28. The Bertz CT molecular complexity index is 816. The Kier molecular flexibility index (Phi) is 4.89. The van der Waals surface area contributed by atoms with Crippen molar-refractivity contribution in [3.8, 4) is 0 Å². The molecule has 0 bridgehead atoms. The summed E-state index contributed by atoms with van der Waals surface area (Å²) in [5.74, 6) is -0.212. The minimum atomic E-state index is -0.574. The van der Waals surface area contributed by atoms with Gasteiger partial charge in [-0.2, -0.15) is 0 Å². The molecule has 0 aliphatic carbocycles. The number of aliphatic hydroxyl groups is 1. The topological polar surface area (TPSA) is 69.6 Å². The SMILES string of the molecule is O=C(c1cc(Cl)ncn1)N1CCC(N2CCc3ccccc3C2)C(O)C1. The zero-order chi connectivity index (χ0) is 18.1. The summed E-state index contributed by atoms with van der Waals surface area (Å²) in [5.41, 5.74) is 2.99. The van der Waals surface area contributed by atoms with Crippen LogP contribution in [0.25, 0.3) is 0 Å². The molecule has 2 unspecified atom stereocenters. The standard InChI is InChI=1S/C19H21ClN4O2/c20-18-9-15(21-12-22-18)19(26)24-8-6-16(17(25)11-24)23-7-5-13-3-1-2-4-14(13)10-23/h1-4,9,12,16-17,25H,5-8,10-11H2. The van der Waals surface area contributed by atoms with Crippen molar-refractivity contribution in [1.29, 1.82) is 0 Å². The normalized spacial score (nSPS) is 23.5. The van der Waals surface area contributed by atoms with E-state index >= 15 is 0 Å². The first-order valence-corrected chi connectivity index (χ1v) is 9.25. The first-order valence-electron chi connectivity index (χ1n) is 8.87. The molecular weight excluding hydrogens is 352 g/mol. The Morgan fingerprint density at radius 1 is 1.19 bits per heavy atom. The summed E-state index contributed by atoms with van der Waals surface area (Å²) in [6.45, 7) is 2.70. The van der Waals surface area contributed by atoms with E-state index in [1.54, 1.807) is 4.90 Å². The fourth-order valence-corrected chi connectivity index (χ4v) is 4.09. The van der Waals surface area contributed by atoms with E-state index in [1.165, 1.54) is 23.5 Å². The van der Waals surface area contributed by atoms with Crippen molar-refractivity contribution in [2.75, 3.05) is 19.6 Å². The first kappa shape index (κ1) is 17.4. The predicted octanol–water partition coefficient (Wildman–Crippen LogP) is 1.76. The van der Waals surface area contributed by atoms with Crippen LogP contribution in [-0.4, -0.2) is 62.6 Å². The van der Waals surface area contributed by atoms with Gasteiger partial charge in [0.25, 0.3) is 5.91 Å². The first-order chi connectivity index (χ1) is 12.6. The molecule has 1 aromatic carbocycles. The van der Waals surface area contributed by atoms with E-state index in [-0.39, 0.29) is 22.8 Å². The number of amides is 1. The van der Waals surface area contributed by atoms with E-state index in [0.29, 0.717) is 13.1 Å². The monoisotopic (exact) mass is 372 g/mol. The number of nitrogens with zero attached hydrogens (tertiary/aromatic N) is 4. The molecule has 7 heteroatoms. The van der Waals surface area contributed by atoms with Gasteiger partial charge in [-0.05, 0) is 24.0 Å². The lowest BCUT2D eigenvalue weighted by atomic mass is 9.94. The molecule has 0 radical (unpaired) electrons. The van der Waals surface area contributed by atoms with Gasteiger partial charge in [-0.15, -0.1) is 0 Å².